The predicted molar refractivity (Wildman–Crippen MR) is 114 cm³/mol. The minimum absolute atomic E-state index is 0. The van der Waals surface area contributed by atoms with E-state index in [1.807, 2.05) is 0 Å². The van der Waals surface area contributed by atoms with E-state index >= 15 is 0 Å². The van der Waals surface area contributed by atoms with E-state index in [0.717, 1.165) is 0 Å². The van der Waals surface area contributed by atoms with Gasteiger partial charge in [-0.05, 0) is 0 Å². The van der Waals surface area contributed by atoms with Gasteiger partial charge in [0.25, 0.3) is 0 Å². The smallest absolute Gasteiger partial charge is 0.547 e. The van der Waals surface area contributed by atoms with Crippen LogP contribution in [0.4, 0.5) is 0 Å². The summed E-state index contributed by atoms with van der Waals surface area (Å²) < 4.78 is 0. The molecule has 0 rings (SSSR count). The van der Waals surface area contributed by atoms with Crippen molar-refractivity contribution in [3.63, 3.8) is 0 Å². The summed E-state index contributed by atoms with van der Waals surface area (Å²) in [4.78, 5) is 29.9. The topological polar surface area (TPSA) is 424 Å². The van der Waals surface area contributed by atoms with Crippen molar-refractivity contribution in [2.24, 2.45) is 0 Å². The molecule has 0 aliphatic rings. The van der Waals surface area contributed by atoms with Gasteiger partial charge >= 0.3 is 26.2 Å². The van der Waals surface area contributed by atoms with Gasteiger partial charge in [0.15, 0.2) is 0 Å². The molecule has 22 heteroatoms. The molecule has 15 N–H and O–H groups in total. The van der Waals surface area contributed by atoms with E-state index in [2.05, 4.69) is 0 Å². The zero-order valence-electron chi connectivity index (χ0n) is 20.2. The number of hydrogen-bond donors (Lipinski definition) is 15. The van der Waals surface area contributed by atoms with Gasteiger partial charge in [0, 0.05) is 0 Å². The van der Waals surface area contributed by atoms with Crippen LogP contribution in [0.15, 0.2) is 0 Å². The van der Waals surface area contributed by atoms with Crippen LogP contribution in [-0.2, 0) is 14.4 Å². The maximum atomic E-state index is 9.98. The van der Waals surface area contributed by atoms with Crippen LogP contribution in [0.5, 0.6) is 0 Å². The van der Waals surface area contributed by atoms with E-state index in [0.29, 0.717) is 0 Å². The van der Waals surface area contributed by atoms with Gasteiger partial charge in [-0.25, -0.2) is 0 Å². The van der Waals surface area contributed by atoms with Crippen LogP contribution in [0.1, 0.15) is 0 Å². The van der Waals surface area contributed by atoms with Crippen LogP contribution in [0.25, 0.3) is 0 Å². The summed E-state index contributed by atoms with van der Waals surface area (Å²) in [5.41, 5.74) is 0. The van der Waals surface area contributed by atoms with Crippen LogP contribution < -0.4 is 15.3 Å². The first-order valence-corrected chi connectivity index (χ1v) is 10.4. The molecule has 0 aromatic heterocycles. The standard InChI is InChI=1S/3C6H12O7.Bi/c3*7-1-2(8)3(9)4(10)5(11)6(12)13;/h3*2-5,7-11H,1H2,(H,12,13);/q;;;+3/p-3/t3*2-,3-,4+,5-;/m000./s1. The number of carbonyl (C=O) groups is 3. The average molecular weight is 794 g/mol. The maximum Gasteiger partial charge on any atom is 3.00 e. The van der Waals surface area contributed by atoms with E-state index in [1.54, 1.807) is 0 Å². The summed E-state index contributed by atoms with van der Waals surface area (Å²) in [5, 5.41) is 160. The third kappa shape index (κ3) is 16.8. The fraction of sp³-hybridized carbons (Fsp3) is 0.833. The minimum Gasteiger partial charge on any atom is -0.547 e. The number of aliphatic hydroxyl groups excluding tert-OH is 15. The number of hydrogen-bond acceptors (Lipinski definition) is 21. The van der Waals surface area contributed by atoms with Gasteiger partial charge in [-0.2, -0.15) is 0 Å². The largest absolute Gasteiger partial charge is 3.00 e. The number of aliphatic carboxylic acids is 3. The van der Waals surface area contributed by atoms with Crippen LogP contribution in [-0.4, -0.2) is 214 Å². The predicted octanol–water partition coefficient (Wildman–Crippen LogP) is -14.9. The third-order valence-electron chi connectivity index (χ3n) is 4.49. The Kier molecular flexibility index (Phi) is 26.6. The maximum absolute atomic E-state index is 9.98. The molecule has 21 nitrogen and oxygen atoms in total. The van der Waals surface area contributed by atoms with Crippen LogP contribution in [0, 0.1) is 0 Å². The second kappa shape index (κ2) is 23.3. The molecule has 40 heavy (non-hydrogen) atoms. The van der Waals surface area contributed by atoms with Crippen molar-refractivity contribution >= 4 is 44.1 Å². The summed E-state index contributed by atoms with van der Waals surface area (Å²) in [6.45, 7) is -2.59. The Bertz CT molecular complexity index is 608. The Hall–Kier alpha value is -1.31. The normalized spacial score (nSPS) is 19.9. The van der Waals surface area contributed by atoms with Gasteiger partial charge in [0.05, 0.1) is 37.7 Å². The molecular weight excluding hydrogens is 761 g/mol. The first kappa shape index (κ1) is 45.7. The van der Waals surface area contributed by atoms with Gasteiger partial charge < -0.3 is 106 Å². The molecule has 0 unspecified atom stereocenters. The van der Waals surface area contributed by atoms with Gasteiger partial charge in [-0.1, -0.05) is 0 Å². The zero-order valence-corrected chi connectivity index (χ0v) is 23.6. The second-order valence-corrected chi connectivity index (χ2v) is 7.48. The monoisotopic (exact) mass is 794 g/mol. The van der Waals surface area contributed by atoms with E-state index in [4.69, 9.17) is 76.6 Å². The van der Waals surface area contributed by atoms with E-state index < -0.39 is 111 Å². The molecule has 12 atom stereocenters. The van der Waals surface area contributed by atoms with Gasteiger partial charge in [0.1, 0.15) is 73.2 Å². The summed E-state index contributed by atoms with van der Waals surface area (Å²) in [6.07, 6.45) is -24.2. The van der Waals surface area contributed by atoms with E-state index in [-0.39, 0.29) is 26.2 Å². The van der Waals surface area contributed by atoms with Crippen molar-refractivity contribution in [2.45, 2.75) is 73.2 Å². The number of carboxylic acids is 3. The Labute approximate surface area is 243 Å². The molecule has 2 radical (unpaired) electrons. The Balaban J connectivity index is -0.000000240. The van der Waals surface area contributed by atoms with Gasteiger partial charge in [0.2, 0.25) is 0 Å². The molecule has 0 saturated carbocycles. The molecule has 0 aliphatic carbocycles. The zero-order chi connectivity index (χ0) is 31.8. The molecule has 0 fully saturated rings. The summed E-state index contributed by atoms with van der Waals surface area (Å²) >= 11 is 0. The molecule has 0 aromatic carbocycles. The molecule has 0 amide bonds. The number of rotatable bonds is 15. The summed E-state index contributed by atoms with van der Waals surface area (Å²) in [7, 11) is 0. The Morgan fingerprint density at radius 1 is 0.400 bits per heavy atom. The summed E-state index contributed by atoms with van der Waals surface area (Å²) in [6, 6.07) is 0. The number of carbonyl (C=O) groups excluding carboxylic acids is 3. The first-order valence-electron chi connectivity index (χ1n) is 10.4. The fourth-order valence-corrected chi connectivity index (χ4v) is 1.99. The SMILES string of the molecule is O=C([O-])[C@@H](O)[C@H](O)[C@@H](O)[C@@H](O)CO.O=C([O-])[C@@H](O)[C@H](O)[C@@H](O)[C@@H](O)CO.O=C([O-])[C@@H](O)[C@H](O)[C@@H](O)[C@@H](O)CO.[Bi+3]. The number of carboxylic acid groups (broad SMARTS) is 3. The quantitative estimate of drug-likeness (QED) is 0.0684. The molecule has 236 valence electrons. The fourth-order valence-electron chi connectivity index (χ4n) is 1.99. The van der Waals surface area contributed by atoms with E-state index in [1.165, 1.54) is 0 Å². The molecule has 0 heterocycles. The van der Waals surface area contributed by atoms with Crippen molar-refractivity contribution in [3.05, 3.63) is 0 Å². The average Bonchev–Trinajstić information content (AvgIpc) is 2.92. The van der Waals surface area contributed by atoms with Gasteiger partial charge in [-0.3, -0.25) is 0 Å². The van der Waals surface area contributed by atoms with Crippen molar-refractivity contribution in [3.8, 4) is 0 Å². The first-order chi connectivity index (χ1) is 17.7. The van der Waals surface area contributed by atoms with Crippen molar-refractivity contribution < 1.29 is 106 Å². The van der Waals surface area contributed by atoms with Crippen molar-refractivity contribution in [1.82, 2.24) is 0 Å². The Morgan fingerprint density at radius 2 is 0.550 bits per heavy atom. The van der Waals surface area contributed by atoms with Gasteiger partial charge in [-0.15, -0.1) is 0 Å². The second-order valence-electron chi connectivity index (χ2n) is 7.48. The van der Waals surface area contributed by atoms with Crippen molar-refractivity contribution in [1.29, 1.82) is 0 Å². The van der Waals surface area contributed by atoms with Crippen LogP contribution in [0.3, 0.4) is 0 Å². The van der Waals surface area contributed by atoms with Crippen LogP contribution in [0.2, 0.25) is 0 Å². The molecule has 0 aromatic rings. The third-order valence-corrected chi connectivity index (χ3v) is 4.49. The van der Waals surface area contributed by atoms with Crippen molar-refractivity contribution in [2.75, 3.05) is 19.8 Å². The molecule has 0 saturated heterocycles. The molecule has 0 bridgehead atoms. The molecule has 0 spiro atoms. The van der Waals surface area contributed by atoms with Crippen LogP contribution >= 0.6 is 0 Å². The summed E-state index contributed by atoms with van der Waals surface area (Å²) in [5.74, 6) is -5.93. The molecular formula is C18H33BiO21. The molecule has 0 aliphatic heterocycles. The van der Waals surface area contributed by atoms with E-state index in [9.17, 15) is 29.7 Å². The number of aliphatic hydroxyl groups is 15. The minimum atomic E-state index is -2.31. The Morgan fingerprint density at radius 3 is 0.650 bits per heavy atom.